The van der Waals surface area contributed by atoms with Crippen LogP contribution in [0.2, 0.25) is 0 Å². The number of hydrogen-bond donors (Lipinski definition) is 3. The first kappa shape index (κ1) is 15.1. The molecule has 0 aliphatic rings. The van der Waals surface area contributed by atoms with Crippen LogP contribution in [0.4, 0.5) is 11.4 Å². The van der Waals surface area contributed by atoms with Crippen molar-refractivity contribution >= 4 is 39.2 Å². The van der Waals surface area contributed by atoms with Crippen LogP contribution in [-0.2, 0) is 0 Å². The number of carboxylic acids is 1. The van der Waals surface area contributed by atoms with Gasteiger partial charge in [-0.15, -0.1) is 0 Å². The Morgan fingerprint density at radius 1 is 1.14 bits per heavy atom. The Morgan fingerprint density at radius 3 is 2.52 bits per heavy atom. The first-order chi connectivity index (χ1) is 9.88. The normalized spacial score (nSPS) is 10.2. The number of amides is 1. The molecule has 108 valence electrons. The number of hydrogen-bond acceptors (Lipinski definition) is 3. The van der Waals surface area contributed by atoms with Gasteiger partial charge < -0.3 is 16.2 Å². The minimum atomic E-state index is -1.08. The highest BCUT2D eigenvalue weighted by Crippen LogP contribution is 2.22. The third kappa shape index (κ3) is 3.41. The summed E-state index contributed by atoms with van der Waals surface area (Å²) in [7, 11) is 0. The van der Waals surface area contributed by atoms with E-state index in [1.165, 1.54) is 6.07 Å². The predicted molar refractivity (Wildman–Crippen MR) is 84.6 cm³/mol. The highest BCUT2D eigenvalue weighted by molar-refractivity contribution is 9.10. The number of nitrogens with one attached hydrogen (secondary N) is 1. The molecule has 0 radical (unpaired) electrons. The van der Waals surface area contributed by atoms with E-state index in [2.05, 4.69) is 21.2 Å². The summed E-state index contributed by atoms with van der Waals surface area (Å²) in [6.45, 7) is 1.86. The van der Waals surface area contributed by atoms with Gasteiger partial charge in [0, 0.05) is 15.8 Å². The zero-order chi connectivity index (χ0) is 15.6. The number of aryl methyl sites for hydroxylation is 1. The monoisotopic (exact) mass is 348 g/mol. The Balaban J connectivity index is 2.29. The molecule has 0 fully saturated rings. The lowest BCUT2D eigenvalue weighted by Crippen LogP contribution is -2.14. The van der Waals surface area contributed by atoms with E-state index in [0.717, 1.165) is 5.56 Å². The molecule has 0 spiro atoms. The maximum Gasteiger partial charge on any atom is 0.336 e. The van der Waals surface area contributed by atoms with E-state index in [4.69, 9.17) is 10.8 Å². The molecule has 0 bridgehead atoms. The van der Waals surface area contributed by atoms with Crippen LogP contribution in [0.5, 0.6) is 0 Å². The van der Waals surface area contributed by atoms with Crippen LogP contribution in [0.15, 0.2) is 40.9 Å². The Labute approximate surface area is 129 Å². The minimum absolute atomic E-state index is 0.0741. The van der Waals surface area contributed by atoms with Gasteiger partial charge in [-0.25, -0.2) is 4.79 Å². The van der Waals surface area contributed by atoms with Crippen molar-refractivity contribution in [1.29, 1.82) is 0 Å². The molecule has 0 heterocycles. The first-order valence-corrected chi connectivity index (χ1v) is 6.88. The van der Waals surface area contributed by atoms with Gasteiger partial charge in [0.1, 0.15) is 0 Å². The fourth-order valence-corrected chi connectivity index (χ4v) is 2.25. The first-order valence-electron chi connectivity index (χ1n) is 6.09. The van der Waals surface area contributed by atoms with Crippen LogP contribution in [0, 0.1) is 6.92 Å². The molecule has 0 aliphatic carbocycles. The lowest BCUT2D eigenvalue weighted by atomic mass is 10.1. The summed E-state index contributed by atoms with van der Waals surface area (Å²) >= 11 is 3.15. The maximum atomic E-state index is 12.2. The molecule has 2 aromatic carbocycles. The molecule has 0 atom stereocenters. The summed E-state index contributed by atoms with van der Waals surface area (Å²) in [6, 6.07) is 9.72. The summed E-state index contributed by atoms with van der Waals surface area (Å²) in [4.78, 5) is 23.3. The summed E-state index contributed by atoms with van der Waals surface area (Å²) < 4.78 is 0.447. The van der Waals surface area contributed by atoms with Crippen LogP contribution in [0.1, 0.15) is 26.3 Å². The maximum absolute atomic E-state index is 12.2. The molecule has 6 heteroatoms. The Bertz CT molecular complexity index is 729. The second kappa shape index (κ2) is 5.97. The van der Waals surface area contributed by atoms with E-state index in [0.29, 0.717) is 21.4 Å². The van der Waals surface area contributed by atoms with Gasteiger partial charge in [-0.2, -0.15) is 0 Å². The standard InChI is InChI=1S/C15H13BrN2O3/c1-8-2-5-13(17)11(6-8)14(19)18-9-3-4-12(16)10(7-9)15(20)21/h2-7H,17H2,1H3,(H,18,19)(H,20,21). The average molecular weight is 349 g/mol. The molecule has 2 aromatic rings. The zero-order valence-electron chi connectivity index (χ0n) is 11.2. The SMILES string of the molecule is Cc1ccc(N)c(C(=O)Nc2ccc(Br)c(C(=O)O)c2)c1. The summed E-state index contributed by atoms with van der Waals surface area (Å²) in [5.74, 6) is -1.46. The number of nitrogens with two attached hydrogens (primary N) is 1. The molecule has 1 amide bonds. The molecule has 0 unspecified atom stereocenters. The molecule has 0 aliphatic heterocycles. The second-order valence-electron chi connectivity index (χ2n) is 4.54. The molecule has 0 saturated carbocycles. The average Bonchev–Trinajstić information content (AvgIpc) is 2.43. The van der Waals surface area contributed by atoms with Gasteiger partial charge in [-0.05, 0) is 53.2 Å². The van der Waals surface area contributed by atoms with Crippen molar-refractivity contribution in [1.82, 2.24) is 0 Å². The van der Waals surface area contributed by atoms with Crippen LogP contribution in [0.25, 0.3) is 0 Å². The number of halogens is 1. The molecule has 0 saturated heterocycles. The zero-order valence-corrected chi connectivity index (χ0v) is 12.8. The second-order valence-corrected chi connectivity index (χ2v) is 5.40. The van der Waals surface area contributed by atoms with Gasteiger partial charge in [0.25, 0.3) is 5.91 Å². The molecule has 2 rings (SSSR count). The third-order valence-electron chi connectivity index (χ3n) is 2.91. The van der Waals surface area contributed by atoms with Crippen molar-refractivity contribution < 1.29 is 14.7 Å². The summed E-state index contributed by atoms with van der Waals surface area (Å²) in [6.07, 6.45) is 0. The van der Waals surface area contributed by atoms with E-state index in [9.17, 15) is 9.59 Å². The van der Waals surface area contributed by atoms with E-state index < -0.39 is 5.97 Å². The number of carboxylic acid groups (broad SMARTS) is 1. The van der Waals surface area contributed by atoms with Crippen molar-refractivity contribution in [3.63, 3.8) is 0 Å². The quantitative estimate of drug-likeness (QED) is 0.742. The van der Waals surface area contributed by atoms with Crippen molar-refractivity contribution in [3.05, 3.63) is 57.6 Å². The Morgan fingerprint density at radius 2 is 1.86 bits per heavy atom. The van der Waals surface area contributed by atoms with Crippen molar-refractivity contribution in [2.45, 2.75) is 6.92 Å². The molecule has 5 nitrogen and oxygen atoms in total. The van der Waals surface area contributed by atoms with Crippen LogP contribution in [-0.4, -0.2) is 17.0 Å². The van der Waals surface area contributed by atoms with E-state index in [1.54, 1.807) is 24.3 Å². The van der Waals surface area contributed by atoms with Crippen LogP contribution < -0.4 is 11.1 Å². The Kier molecular flexibility index (Phi) is 4.28. The summed E-state index contributed by atoms with van der Waals surface area (Å²) in [5.41, 5.74) is 7.89. The number of nitrogen functional groups attached to an aromatic ring is 1. The number of carbonyl (C=O) groups excluding carboxylic acids is 1. The number of rotatable bonds is 3. The largest absolute Gasteiger partial charge is 0.478 e. The minimum Gasteiger partial charge on any atom is -0.478 e. The predicted octanol–water partition coefficient (Wildman–Crippen LogP) is 3.29. The molecular formula is C15H13BrN2O3. The molecule has 21 heavy (non-hydrogen) atoms. The number of aromatic carboxylic acids is 1. The number of carbonyl (C=O) groups is 2. The van der Waals surface area contributed by atoms with Gasteiger partial charge >= 0.3 is 5.97 Å². The van der Waals surface area contributed by atoms with E-state index in [-0.39, 0.29) is 11.5 Å². The van der Waals surface area contributed by atoms with Crippen molar-refractivity contribution in [2.75, 3.05) is 11.1 Å². The summed E-state index contributed by atoms with van der Waals surface area (Å²) in [5, 5.41) is 11.7. The molecular weight excluding hydrogens is 336 g/mol. The molecule has 0 aromatic heterocycles. The van der Waals surface area contributed by atoms with Crippen LogP contribution in [0.3, 0.4) is 0 Å². The van der Waals surface area contributed by atoms with Gasteiger partial charge in [0.2, 0.25) is 0 Å². The number of anilines is 2. The van der Waals surface area contributed by atoms with E-state index >= 15 is 0 Å². The van der Waals surface area contributed by atoms with Crippen molar-refractivity contribution in [2.24, 2.45) is 0 Å². The fourth-order valence-electron chi connectivity index (χ4n) is 1.83. The Hall–Kier alpha value is -2.34. The smallest absolute Gasteiger partial charge is 0.336 e. The molecule has 4 N–H and O–H groups in total. The van der Waals surface area contributed by atoms with Crippen molar-refractivity contribution in [3.8, 4) is 0 Å². The van der Waals surface area contributed by atoms with Gasteiger partial charge in [-0.1, -0.05) is 11.6 Å². The van der Waals surface area contributed by atoms with Crippen LogP contribution >= 0.6 is 15.9 Å². The van der Waals surface area contributed by atoms with E-state index in [1.807, 2.05) is 13.0 Å². The number of benzene rings is 2. The highest BCUT2D eigenvalue weighted by Gasteiger charge is 2.13. The lowest BCUT2D eigenvalue weighted by Gasteiger charge is -2.09. The third-order valence-corrected chi connectivity index (χ3v) is 3.60. The van der Waals surface area contributed by atoms with Gasteiger partial charge in [0.05, 0.1) is 11.1 Å². The fraction of sp³-hybridized carbons (Fsp3) is 0.0667. The van der Waals surface area contributed by atoms with Gasteiger partial charge in [-0.3, -0.25) is 4.79 Å². The van der Waals surface area contributed by atoms with Gasteiger partial charge in [0.15, 0.2) is 0 Å². The topological polar surface area (TPSA) is 92.4 Å². The highest BCUT2D eigenvalue weighted by atomic mass is 79.9. The lowest BCUT2D eigenvalue weighted by molar-refractivity contribution is 0.0695.